The molecule has 1 aliphatic rings. The molecule has 2 aromatic rings. The summed E-state index contributed by atoms with van der Waals surface area (Å²) in [6, 6.07) is 7.05. The largest absolute Gasteiger partial charge is 0.489 e. The lowest BCUT2D eigenvalue weighted by molar-refractivity contribution is 0.186. The molecule has 0 spiro atoms. The van der Waals surface area contributed by atoms with Crippen LogP contribution in [0.1, 0.15) is 18.1 Å². The Labute approximate surface area is 138 Å². The SMILES string of the molecule is Cc1nc(CNC(=O)N2CCC(Oc3ccc(Cl)cc3)C2)no1. The van der Waals surface area contributed by atoms with Crippen LogP contribution in [0, 0.1) is 6.92 Å². The Morgan fingerprint density at radius 2 is 2.26 bits per heavy atom. The van der Waals surface area contributed by atoms with Gasteiger partial charge in [0.25, 0.3) is 0 Å². The van der Waals surface area contributed by atoms with Gasteiger partial charge in [-0.1, -0.05) is 16.8 Å². The summed E-state index contributed by atoms with van der Waals surface area (Å²) in [7, 11) is 0. The third-order valence-electron chi connectivity index (χ3n) is 3.52. The minimum Gasteiger partial charge on any atom is -0.489 e. The number of likely N-dealkylation sites (tertiary alicyclic amines) is 1. The second kappa shape index (κ2) is 6.87. The highest BCUT2D eigenvalue weighted by Crippen LogP contribution is 2.20. The quantitative estimate of drug-likeness (QED) is 0.927. The van der Waals surface area contributed by atoms with Crippen molar-refractivity contribution < 1.29 is 14.1 Å². The van der Waals surface area contributed by atoms with Crippen LogP contribution < -0.4 is 10.1 Å². The van der Waals surface area contributed by atoms with Gasteiger partial charge in [0.05, 0.1) is 13.1 Å². The molecule has 0 radical (unpaired) electrons. The van der Waals surface area contributed by atoms with Gasteiger partial charge < -0.3 is 19.5 Å². The van der Waals surface area contributed by atoms with Crippen molar-refractivity contribution in [3.05, 3.63) is 41.0 Å². The number of ether oxygens (including phenoxy) is 1. The van der Waals surface area contributed by atoms with Crippen LogP contribution in [0.3, 0.4) is 0 Å². The maximum Gasteiger partial charge on any atom is 0.317 e. The van der Waals surface area contributed by atoms with Crippen LogP contribution in [0.5, 0.6) is 5.75 Å². The van der Waals surface area contributed by atoms with Crippen molar-refractivity contribution in [3.8, 4) is 5.75 Å². The highest BCUT2D eigenvalue weighted by atomic mass is 35.5. The fourth-order valence-electron chi connectivity index (χ4n) is 2.39. The molecule has 1 unspecified atom stereocenters. The van der Waals surface area contributed by atoms with Gasteiger partial charge in [-0.05, 0) is 24.3 Å². The Hall–Kier alpha value is -2.28. The maximum absolute atomic E-state index is 12.1. The van der Waals surface area contributed by atoms with Crippen molar-refractivity contribution in [2.24, 2.45) is 0 Å². The Morgan fingerprint density at radius 1 is 1.48 bits per heavy atom. The van der Waals surface area contributed by atoms with Crippen LogP contribution in [0.4, 0.5) is 4.79 Å². The molecule has 1 atom stereocenters. The molecule has 7 nitrogen and oxygen atoms in total. The van der Waals surface area contributed by atoms with E-state index in [9.17, 15) is 4.79 Å². The molecule has 2 heterocycles. The summed E-state index contributed by atoms with van der Waals surface area (Å²) < 4.78 is 10.7. The van der Waals surface area contributed by atoms with Gasteiger partial charge in [0.1, 0.15) is 11.9 Å². The number of amides is 2. The topological polar surface area (TPSA) is 80.5 Å². The third kappa shape index (κ3) is 4.13. The molecule has 3 rings (SSSR count). The molecule has 122 valence electrons. The van der Waals surface area contributed by atoms with Gasteiger partial charge in [-0.15, -0.1) is 0 Å². The second-order valence-electron chi connectivity index (χ2n) is 5.32. The molecule has 1 aliphatic heterocycles. The number of aryl methyl sites for hydroxylation is 1. The Balaban J connectivity index is 1.46. The summed E-state index contributed by atoms with van der Waals surface area (Å²) in [4.78, 5) is 17.9. The number of benzene rings is 1. The smallest absolute Gasteiger partial charge is 0.317 e. The van der Waals surface area contributed by atoms with Crippen LogP contribution in [0.2, 0.25) is 5.02 Å². The van der Waals surface area contributed by atoms with Gasteiger partial charge >= 0.3 is 6.03 Å². The standard InChI is InChI=1S/C15H17ClN4O3/c1-10-18-14(19-23-10)8-17-15(21)20-7-6-13(9-20)22-12-4-2-11(16)3-5-12/h2-5,13H,6-9H2,1H3,(H,17,21). The van der Waals surface area contributed by atoms with Gasteiger partial charge in [0, 0.05) is 24.9 Å². The van der Waals surface area contributed by atoms with E-state index >= 15 is 0 Å². The minimum absolute atomic E-state index is 0.0191. The Morgan fingerprint density at radius 3 is 2.96 bits per heavy atom. The average Bonchev–Trinajstić information content (AvgIpc) is 3.16. The molecule has 2 amide bonds. The van der Waals surface area contributed by atoms with E-state index in [1.54, 1.807) is 24.0 Å². The number of hydrogen-bond donors (Lipinski definition) is 1. The van der Waals surface area contributed by atoms with Crippen LogP contribution in [0.15, 0.2) is 28.8 Å². The zero-order valence-electron chi connectivity index (χ0n) is 12.7. The lowest BCUT2D eigenvalue weighted by Gasteiger charge is -2.17. The van der Waals surface area contributed by atoms with Crippen LogP contribution in [0.25, 0.3) is 0 Å². The van der Waals surface area contributed by atoms with E-state index in [-0.39, 0.29) is 18.7 Å². The number of rotatable bonds is 4. The highest BCUT2D eigenvalue weighted by molar-refractivity contribution is 6.30. The van der Waals surface area contributed by atoms with Gasteiger partial charge in [0.15, 0.2) is 5.82 Å². The zero-order valence-corrected chi connectivity index (χ0v) is 13.4. The maximum atomic E-state index is 12.1. The van der Waals surface area contributed by atoms with Crippen LogP contribution >= 0.6 is 11.6 Å². The summed E-state index contributed by atoms with van der Waals surface area (Å²) in [5, 5.41) is 7.18. The van der Waals surface area contributed by atoms with Crippen molar-refractivity contribution in [2.45, 2.75) is 26.0 Å². The predicted octanol–water partition coefficient (Wildman–Crippen LogP) is 2.39. The molecule has 0 aliphatic carbocycles. The number of carbonyl (C=O) groups excluding carboxylic acids is 1. The van der Waals surface area contributed by atoms with Gasteiger partial charge in [-0.2, -0.15) is 4.98 Å². The molecule has 1 fully saturated rings. The molecule has 1 aromatic carbocycles. The summed E-state index contributed by atoms with van der Waals surface area (Å²) >= 11 is 5.85. The lowest BCUT2D eigenvalue weighted by atomic mass is 10.3. The van der Waals surface area contributed by atoms with Gasteiger partial charge in [-0.25, -0.2) is 4.79 Å². The Kier molecular flexibility index (Phi) is 4.66. The minimum atomic E-state index is -0.158. The first kappa shape index (κ1) is 15.6. The van der Waals surface area contributed by atoms with Gasteiger partial charge in [0.2, 0.25) is 5.89 Å². The van der Waals surface area contributed by atoms with E-state index in [1.807, 2.05) is 12.1 Å². The van der Waals surface area contributed by atoms with Crippen LogP contribution in [-0.2, 0) is 6.54 Å². The summed E-state index contributed by atoms with van der Waals surface area (Å²) in [6.07, 6.45) is 0.770. The summed E-state index contributed by atoms with van der Waals surface area (Å²) in [5.74, 6) is 1.69. The number of nitrogens with zero attached hydrogens (tertiary/aromatic N) is 3. The zero-order chi connectivity index (χ0) is 16.2. The summed E-state index contributed by atoms with van der Waals surface area (Å²) in [6.45, 7) is 3.14. The number of carbonyl (C=O) groups is 1. The molecule has 1 N–H and O–H groups in total. The molecule has 1 aromatic heterocycles. The normalized spacial score (nSPS) is 17.3. The van der Waals surface area contributed by atoms with E-state index < -0.39 is 0 Å². The number of hydrogen-bond acceptors (Lipinski definition) is 5. The van der Waals surface area contributed by atoms with Crippen molar-refractivity contribution in [1.29, 1.82) is 0 Å². The highest BCUT2D eigenvalue weighted by Gasteiger charge is 2.27. The second-order valence-corrected chi connectivity index (χ2v) is 5.75. The van der Waals surface area contributed by atoms with E-state index in [1.165, 1.54) is 0 Å². The van der Waals surface area contributed by atoms with Gasteiger partial charge in [-0.3, -0.25) is 0 Å². The van der Waals surface area contributed by atoms with Crippen molar-refractivity contribution in [3.63, 3.8) is 0 Å². The predicted molar refractivity (Wildman–Crippen MR) is 83.3 cm³/mol. The molecule has 23 heavy (non-hydrogen) atoms. The van der Waals surface area contributed by atoms with Crippen molar-refractivity contribution in [2.75, 3.05) is 13.1 Å². The monoisotopic (exact) mass is 336 g/mol. The molecule has 1 saturated heterocycles. The molecule has 0 saturated carbocycles. The van der Waals surface area contributed by atoms with E-state index in [2.05, 4.69) is 15.5 Å². The Bertz CT molecular complexity index is 674. The van der Waals surface area contributed by atoms with Crippen LogP contribution in [-0.4, -0.2) is 40.3 Å². The van der Waals surface area contributed by atoms with Crippen molar-refractivity contribution in [1.82, 2.24) is 20.4 Å². The van der Waals surface area contributed by atoms with E-state index in [4.69, 9.17) is 20.9 Å². The number of halogens is 1. The lowest BCUT2D eigenvalue weighted by Crippen LogP contribution is -2.39. The fourth-order valence-corrected chi connectivity index (χ4v) is 2.52. The summed E-state index contributed by atoms with van der Waals surface area (Å²) in [5.41, 5.74) is 0. The molecular formula is C15H17ClN4O3. The average molecular weight is 337 g/mol. The third-order valence-corrected chi connectivity index (χ3v) is 3.77. The first-order chi connectivity index (χ1) is 11.1. The number of aromatic nitrogens is 2. The number of nitrogens with one attached hydrogen (secondary N) is 1. The van der Waals surface area contributed by atoms with Crippen molar-refractivity contribution >= 4 is 17.6 Å². The number of urea groups is 1. The fraction of sp³-hybridized carbons (Fsp3) is 0.400. The molecular weight excluding hydrogens is 320 g/mol. The molecule has 0 bridgehead atoms. The van der Waals surface area contributed by atoms with E-state index in [0.717, 1.165) is 12.2 Å². The first-order valence-electron chi connectivity index (χ1n) is 7.34. The first-order valence-corrected chi connectivity index (χ1v) is 7.72. The molecule has 8 heteroatoms. The van der Waals surface area contributed by atoms with E-state index in [0.29, 0.717) is 29.8 Å².